The first-order chi connectivity index (χ1) is 10.6. The third-order valence-corrected chi connectivity index (χ3v) is 3.38. The number of esters is 4. The SMILES string of the molecule is COC(=O)C1=C(C(=O)OC)C(C)(C)C(C(=O)OC(C)C)C(=O)O1. The van der Waals surface area contributed by atoms with Crippen LogP contribution in [0.3, 0.4) is 0 Å². The average molecular weight is 328 g/mol. The van der Waals surface area contributed by atoms with Gasteiger partial charge in [-0.05, 0) is 13.8 Å². The van der Waals surface area contributed by atoms with Gasteiger partial charge in [0, 0.05) is 5.41 Å². The van der Waals surface area contributed by atoms with Gasteiger partial charge in [-0.25, -0.2) is 9.59 Å². The van der Waals surface area contributed by atoms with Gasteiger partial charge in [0.05, 0.1) is 25.9 Å². The van der Waals surface area contributed by atoms with E-state index in [2.05, 4.69) is 9.47 Å². The Kier molecular flexibility index (Phi) is 5.52. The normalized spacial score (nSPS) is 20.0. The molecule has 1 heterocycles. The molecule has 0 aliphatic carbocycles. The Labute approximate surface area is 133 Å². The standard InChI is InChI=1S/C15H20O8/c1-7(2)22-12(17)9-13(18)23-10(14(19)21-6)8(11(16)20-5)15(9,3)4/h7,9H,1-6H3. The van der Waals surface area contributed by atoms with Crippen molar-refractivity contribution in [1.82, 2.24) is 0 Å². The summed E-state index contributed by atoms with van der Waals surface area (Å²) >= 11 is 0. The molecule has 1 aliphatic rings. The molecule has 0 radical (unpaired) electrons. The van der Waals surface area contributed by atoms with E-state index in [1.807, 2.05) is 0 Å². The summed E-state index contributed by atoms with van der Waals surface area (Å²) in [6.07, 6.45) is -0.460. The van der Waals surface area contributed by atoms with E-state index in [1.165, 1.54) is 13.8 Å². The first-order valence-electron chi connectivity index (χ1n) is 6.91. The van der Waals surface area contributed by atoms with Crippen molar-refractivity contribution in [3.8, 4) is 0 Å². The molecular formula is C15H20O8. The first-order valence-corrected chi connectivity index (χ1v) is 6.91. The Hall–Kier alpha value is -2.38. The summed E-state index contributed by atoms with van der Waals surface area (Å²) in [4.78, 5) is 48.3. The van der Waals surface area contributed by atoms with Crippen LogP contribution in [0.4, 0.5) is 0 Å². The minimum Gasteiger partial charge on any atom is -0.466 e. The Morgan fingerprint density at radius 1 is 1.09 bits per heavy atom. The Balaban J connectivity index is 3.47. The molecule has 0 spiro atoms. The molecule has 1 unspecified atom stereocenters. The quantitative estimate of drug-likeness (QED) is 0.423. The van der Waals surface area contributed by atoms with Gasteiger partial charge in [0.25, 0.3) is 0 Å². The number of ether oxygens (including phenoxy) is 4. The summed E-state index contributed by atoms with van der Waals surface area (Å²) < 4.78 is 19.1. The summed E-state index contributed by atoms with van der Waals surface area (Å²) in [6.45, 7) is 6.15. The van der Waals surface area contributed by atoms with Gasteiger partial charge < -0.3 is 18.9 Å². The van der Waals surface area contributed by atoms with Crippen LogP contribution < -0.4 is 0 Å². The average Bonchev–Trinajstić information content (AvgIpc) is 2.43. The van der Waals surface area contributed by atoms with E-state index in [4.69, 9.17) is 9.47 Å². The maximum absolute atomic E-state index is 12.2. The van der Waals surface area contributed by atoms with Crippen LogP contribution in [0.15, 0.2) is 11.3 Å². The molecule has 0 aromatic rings. The van der Waals surface area contributed by atoms with Crippen LogP contribution >= 0.6 is 0 Å². The highest BCUT2D eigenvalue weighted by molar-refractivity contribution is 6.07. The van der Waals surface area contributed by atoms with Crippen molar-refractivity contribution in [2.45, 2.75) is 33.8 Å². The maximum Gasteiger partial charge on any atom is 0.374 e. The number of hydrogen-bond acceptors (Lipinski definition) is 8. The fraction of sp³-hybridized carbons (Fsp3) is 0.600. The van der Waals surface area contributed by atoms with Gasteiger partial charge in [-0.1, -0.05) is 13.8 Å². The minimum absolute atomic E-state index is 0.253. The van der Waals surface area contributed by atoms with Crippen molar-refractivity contribution in [3.63, 3.8) is 0 Å². The Morgan fingerprint density at radius 3 is 2.04 bits per heavy atom. The van der Waals surface area contributed by atoms with Crippen molar-refractivity contribution in [3.05, 3.63) is 11.3 Å². The molecule has 0 fully saturated rings. The van der Waals surface area contributed by atoms with Gasteiger partial charge in [-0.15, -0.1) is 0 Å². The van der Waals surface area contributed by atoms with Crippen LogP contribution in [-0.4, -0.2) is 44.2 Å². The van der Waals surface area contributed by atoms with E-state index in [9.17, 15) is 19.2 Å². The predicted molar refractivity (Wildman–Crippen MR) is 75.6 cm³/mol. The monoisotopic (exact) mass is 328 g/mol. The number of rotatable bonds is 4. The van der Waals surface area contributed by atoms with Gasteiger partial charge in [-0.3, -0.25) is 9.59 Å². The van der Waals surface area contributed by atoms with E-state index in [1.54, 1.807) is 13.8 Å². The van der Waals surface area contributed by atoms with Gasteiger partial charge in [-0.2, -0.15) is 0 Å². The molecule has 1 rings (SSSR count). The summed E-state index contributed by atoms with van der Waals surface area (Å²) in [5.41, 5.74) is -1.63. The molecule has 1 atom stereocenters. The summed E-state index contributed by atoms with van der Waals surface area (Å²) in [6, 6.07) is 0. The lowest BCUT2D eigenvalue weighted by Crippen LogP contribution is -2.48. The third-order valence-electron chi connectivity index (χ3n) is 3.38. The van der Waals surface area contributed by atoms with Gasteiger partial charge in [0.15, 0.2) is 5.92 Å². The highest BCUT2D eigenvalue weighted by Gasteiger charge is 2.54. The van der Waals surface area contributed by atoms with Crippen LogP contribution in [0, 0.1) is 11.3 Å². The van der Waals surface area contributed by atoms with Gasteiger partial charge in [0.2, 0.25) is 5.76 Å². The van der Waals surface area contributed by atoms with Crippen LogP contribution in [0.1, 0.15) is 27.7 Å². The zero-order valence-electron chi connectivity index (χ0n) is 13.9. The van der Waals surface area contributed by atoms with Crippen LogP contribution in [0.2, 0.25) is 0 Å². The molecule has 0 aromatic carbocycles. The third kappa shape index (κ3) is 3.52. The van der Waals surface area contributed by atoms with E-state index in [-0.39, 0.29) is 5.57 Å². The van der Waals surface area contributed by atoms with Crippen molar-refractivity contribution < 1.29 is 38.1 Å². The van der Waals surface area contributed by atoms with E-state index in [0.29, 0.717) is 0 Å². The van der Waals surface area contributed by atoms with Crippen LogP contribution in [0.25, 0.3) is 0 Å². The van der Waals surface area contributed by atoms with E-state index in [0.717, 1.165) is 14.2 Å². The number of carbonyl (C=O) groups excluding carboxylic acids is 4. The molecule has 8 nitrogen and oxygen atoms in total. The largest absolute Gasteiger partial charge is 0.466 e. The lowest BCUT2D eigenvalue weighted by Gasteiger charge is -2.36. The molecule has 0 amide bonds. The molecule has 8 heteroatoms. The second-order valence-corrected chi connectivity index (χ2v) is 5.75. The zero-order valence-corrected chi connectivity index (χ0v) is 13.9. The number of carbonyl (C=O) groups is 4. The molecule has 0 saturated carbocycles. The molecule has 1 aliphatic heterocycles. The molecule has 0 bridgehead atoms. The molecular weight excluding hydrogens is 308 g/mol. The lowest BCUT2D eigenvalue weighted by molar-refractivity contribution is -0.173. The van der Waals surface area contributed by atoms with Gasteiger partial charge >= 0.3 is 23.9 Å². The summed E-state index contributed by atoms with van der Waals surface area (Å²) in [5.74, 6) is -5.74. The second kappa shape index (κ2) is 6.80. The Bertz CT molecular complexity index is 570. The molecule has 128 valence electrons. The van der Waals surface area contributed by atoms with E-state index >= 15 is 0 Å². The van der Waals surface area contributed by atoms with Crippen molar-refractivity contribution in [1.29, 1.82) is 0 Å². The number of methoxy groups -OCH3 is 2. The molecule has 0 N–H and O–H groups in total. The fourth-order valence-corrected chi connectivity index (χ4v) is 2.33. The molecule has 23 heavy (non-hydrogen) atoms. The van der Waals surface area contributed by atoms with Crippen molar-refractivity contribution in [2.75, 3.05) is 14.2 Å². The topological polar surface area (TPSA) is 105 Å². The van der Waals surface area contributed by atoms with Crippen LogP contribution in [-0.2, 0) is 38.1 Å². The second-order valence-electron chi connectivity index (χ2n) is 5.75. The maximum atomic E-state index is 12.2. The van der Waals surface area contributed by atoms with Crippen molar-refractivity contribution >= 4 is 23.9 Å². The number of hydrogen-bond donors (Lipinski definition) is 0. The van der Waals surface area contributed by atoms with E-state index < -0.39 is 47.1 Å². The van der Waals surface area contributed by atoms with Gasteiger partial charge in [0.1, 0.15) is 0 Å². The predicted octanol–water partition coefficient (Wildman–Crippen LogP) is 0.737. The molecule has 0 saturated heterocycles. The summed E-state index contributed by atoms with van der Waals surface area (Å²) in [5, 5.41) is 0. The van der Waals surface area contributed by atoms with Crippen molar-refractivity contribution in [2.24, 2.45) is 11.3 Å². The smallest absolute Gasteiger partial charge is 0.374 e. The summed E-state index contributed by atoms with van der Waals surface area (Å²) in [7, 11) is 2.18. The number of cyclic esters (lactones) is 1. The highest BCUT2D eigenvalue weighted by Crippen LogP contribution is 2.43. The fourth-order valence-electron chi connectivity index (χ4n) is 2.33. The zero-order chi connectivity index (χ0) is 17.9. The Morgan fingerprint density at radius 2 is 1.61 bits per heavy atom. The van der Waals surface area contributed by atoms with Crippen LogP contribution in [0.5, 0.6) is 0 Å². The molecule has 0 aromatic heterocycles. The first kappa shape index (κ1) is 18.7. The minimum atomic E-state index is -1.41. The lowest BCUT2D eigenvalue weighted by atomic mass is 9.70. The highest BCUT2D eigenvalue weighted by atomic mass is 16.6.